The van der Waals surface area contributed by atoms with Gasteiger partial charge >= 0.3 is 12.5 Å². The van der Waals surface area contributed by atoms with Crippen LogP contribution in [0.15, 0.2) is 89.8 Å². The number of hydrogen-bond donors (Lipinski definition) is 1. The summed E-state index contributed by atoms with van der Waals surface area (Å²) in [6.45, 7) is 0. The highest BCUT2D eigenvalue weighted by Gasteiger charge is 2.62. The van der Waals surface area contributed by atoms with E-state index in [0.717, 1.165) is 25.3 Å². The molecule has 0 radical (unpaired) electrons. The number of benzene rings is 4. The van der Waals surface area contributed by atoms with Crippen LogP contribution in [0.4, 0.5) is 23.7 Å². The summed E-state index contributed by atoms with van der Waals surface area (Å²) in [6.07, 6.45) is -6.81. The number of halogens is 4. The summed E-state index contributed by atoms with van der Waals surface area (Å²) in [5.74, 6) is -2.78. The molecular weight excluding hydrogens is 641 g/mol. The van der Waals surface area contributed by atoms with E-state index >= 15 is 0 Å². The van der Waals surface area contributed by atoms with E-state index in [-0.39, 0.29) is 43.2 Å². The second kappa shape index (κ2) is 11.5. The van der Waals surface area contributed by atoms with Crippen LogP contribution in [-0.2, 0) is 25.2 Å². The molecule has 15 heteroatoms. The molecule has 1 aliphatic rings. The number of alkyl halides is 3. The number of nitrogens with zero attached hydrogens (tertiary/aromatic N) is 1. The lowest BCUT2D eigenvalue weighted by Gasteiger charge is -2.30. The van der Waals surface area contributed by atoms with Crippen molar-refractivity contribution in [3.05, 3.63) is 101 Å². The summed E-state index contributed by atoms with van der Waals surface area (Å²) in [7, 11) is -2.87. The zero-order valence-electron chi connectivity index (χ0n) is 23.3. The van der Waals surface area contributed by atoms with E-state index in [1.165, 1.54) is 31.4 Å². The first-order valence-corrected chi connectivity index (χ1v) is 14.6. The molecule has 0 saturated carbocycles. The van der Waals surface area contributed by atoms with Crippen LogP contribution in [0.3, 0.4) is 0 Å². The highest BCUT2D eigenvalue weighted by Crippen LogP contribution is 2.56. The molecule has 0 bridgehead atoms. The summed E-state index contributed by atoms with van der Waals surface area (Å²) in [5, 5.41) is 0.0184. The van der Waals surface area contributed by atoms with E-state index in [0.29, 0.717) is 11.6 Å². The van der Waals surface area contributed by atoms with Crippen LogP contribution in [-0.4, -0.2) is 41.0 Å². The van der Waals surface area contributed by atoms with Gasteiger partial charge in [-0.1, -0.05) is 60.1 Å². The Labute approximate surface area is 259 Å². The zero-order chi connectivity index (χ0) is 32.7. The average molecular weight is 663 g/mol. The van der Waals surface area contributed by atoms with Crippen LogP contribution in [0.25, 0.3) is 11.1 Å². The maximum atomic E-state index is 14.8. The fourth-order valence-corrected chi connectivity index (χ4v) is 7.01. The fraction of sp³-hybridized carbons (Fsp3) is 0.133. The van der Waals surface area contributed by atoms with E-state index in [2.05, 4.69) is 4.74 Å². The third-order valence-electron chi connectivity index (χ3n) is 6.89. The van der Waals surface area contributed by atoms with Gasteiger partial charge < -0.3 is 24.7 Å². The minimum Gasteiger partial charge on any atom is -0.497 e. The lowest BCUT2D eigenvalue weighted by molar-refractivity contribution is -0.275. The van der Waals surface area contributed by atoms with Gasteiger partial charge in [-0.2, -0.15) is 4.31 Å². The fourth-order valence-electron chi connectivity index (χ4n) is 5.19. The second-order valence-corrected chi connectivity index (χ2v) is 11.6. The van der Waals surface area contributed by atoms with Crippen LogP contribution < -0.4 is 24.2 Å². The Kier molecular flexibility index (Phi) is 8.06. The molecule has 4 aromatic rings. The lowest BCUT2D eigenvalue weighted by atomic mass is 9.82. The number of sulfonamides is 1. The summed E-state index contributed by atoms with van der Waals surface area (Å²) >= 11 is 6.68. The van der Waals surface area contributed by atoms with Crippen LogP contribution in [0, 0.1) is 0 Å². The Balaban J connectivity index is 1.92. The number of carbonyl (C=O) groups excluding carboxylic acids is 2. The molecule has 1 unspecified atom stereocenters. The Hall–Kier alpha value is -4.95. The number of amides is 2. The molecule has 2 N–H and O–H groups in total. The molecule has 1 aliphatic heterocycles. The van der Waals surface area contributed by atoms with Crippen molar-refractivity contribution in [3.63, 3.8) is 0 Å². The first-order valence-electron chi connectivity index (χ1n) is 12.8. The Morgan fingerprint density at radius 2 is 1.58 bits per heavy atom. The SMILES string of the molecule is COc1ccc(S(=O)(=O)N2C(=O)C(OC(N)=O)(c3ccccc3OC)c3c2ccc(Cl)c3-c2ccccc2)c(OC(F)(F)F)c1. The van der Waals surface area contributed by atoms with Gasteiger partial charge in [-0.3, -0.25) is 4.79 Å². The Morgan fingerprint density at radius 3 is 2.20 bits per heavy atom. The molecule has 45 heavy (non-hydrogen) atoms. The van der Waals surface area contributed by atoms with Gasteiger partial charge in [0.15, 0.2) is 5.75 Å². The van der Waals surface area contributed by atoms with Crippen molar-refractivity contribution in [2.45, 2.75) is 16.9 Å². The van der Waals surface area contributed by atoms with E-state index in [9.17, 15) is 31.2 Å². The van der Waals surface area contributed by atoms with Crippen molar-refractivity contribution in [2.24, 2.45) is 5.73 Å². The van der Waals surface area contributed by atoms with Crippen molar-refractivity contribution in [1.82, 2.24) is 0 Å². The minimum atomic E-state index is -5.33. The third-order valence-corrected chi connectivity index (χ3v) is 8.94. The number of methoxy groups -OCH3 is 2. The molecule has 10 nitrogen and oxygen atoms in total. The molecule has 2 amide bonds. The first kappa shape index (κ1) is 31.5. The highest BCUT2D eigenvalue weighted by atomic mass is 35.5. The van der Waals surface area contributed by atoms with Crippen LogP contribution in [0.1, 0.15) is 11.1 Å². The number of carbonyl (C=O) groups is 2. The number of hydrogen-bond acceptors (Lipinski definition) is 8. The minimum absolute atomic E-state index is 0.0122. The predicted octanol–water partition coefficient (Wildman–Crippen LogP) is 6.00. The largest absolute Gasteiger partial charge is 0.573 e. The number of nitrogens with two attached hydrogens (primary N) is 1. The van der Waals surface area contributed by atoms with Gasteiger partial charge in [0.1, 0.15) is 16.4 Å². The molecule has 4 aromatic carbocycles. The monoisotopic (exact) mass is 662 g/mol. The number of primary amides is 1. The van der Waals surface area contributed by atoms with Gasteiger partial charge in [-0.05, 0) is 35.9 Å². The van der Waals surface area contributed by atoms with E-state index in [1.54, 1.807) is 36.4 Å². The second-order valence-electron chi connectivity index (χ2n) is 9.42. The predicted molar refractivity (Wildman–Crippen MR) is 156 cm³/mol. The van der Waals surface area contributed by atoms with Crippen LogP contribution >= 0.6 is 11.6 Å². The van der Waals surface area contributed by atoms with Gasteiger partial charge in [0.2, 0.25) is 5.60 Å². The van der Waals surface area contributed by atoms with Crippen molar-refractivity contribution in [1.29, 1.82) is 0 Å². The number of ether oxygens (including phenoxy) is 4. The summed E-state index contributed by atoms with van der Waals surface area (Å²) in [5.41, 5.74) is 2.55. The van der Waals surface area contributed by atoms with Crippen molar-refractivity contribution >= 4 is 39.3 Å². The normalized spacial score (nSPS) is 16.2. The van der Waals surface area contributed by atoms with E-state index < -0.39 is 44.6 Å². The topological polar surface area (TPSA) is 134 Å². The van der Waals surface area contributed by atoms with Gasteiger partial charge in [-0.25, -0.2) is 13.2 Å². The van der Waals surface area contributed by atoms with Gasteiger partial charge in [0, 0.05) is 22.2 Å². The van der Waals surface area contributed by atoms with Crippen molar-refractivity contribution in [2.75, 3.05) is 18.5 Å². The molecule has 1 atom stereocenters. The average Bonchev–Trinajstić information content (AvgIpc) is 3.24. The standard InChI is InChI=1S/C30H22ClF3N2O8S/c1-41-18-12-15-24(23(16-18)43-30(32,33)34)45(39,40)36-21-14-13-20(31)25(17-8-4-3-5-9-17)26(21)29(27(36)37,44-28(35)38)19-10-6-7-11-22(19)42-2/h3-16H,1-2H3,(H2,35,38). The highest BCUT2D eigenvalue weighted by molar-refractivity contribution is 7.93. The maximum absolute atomic E-state index is 14.8. The molecular formula is C30H22ClF3N2O8S. The van der Waals surface area contributed by atoms with Crippen molar-refractivity contribution < 1.29 is 50.1 Å². The molecule has 5 rings (SSSR count). The van der Waals surface area contributed by atoms with E-state index in [4.69, 9.17) is 31.5 Å². The molecule has 0 aromatic heterocycles. The smallest absolute Gasteiger partial charge is 0.497 e. The molecule has 234 valence electrons. The lowest BCUT2D eigenvalue weighted by Crippen LogP contribution is -2.47. The van der Waals surface area contributed by atoms with Gasteiger partial charge in [0.25, 0.3) is 15.9 Å². The van der Waals surface area contributed by atoms with Crippen LogP contribution in [0.2, 0.25) is 5.02 Å². The van der Waals surface area contributed by atoms with Gasteiger partial charge in [0.05, 0.1) is 25.5 Å². The maximum Gasteiger partial charge on any atom is 0.573 e. The number of rotatable bonds is 8. The molecule has 0 fully saturated rings. The first-order chi connectivity index (χ1) is 21.3. The molecule has 1 heterocycles. The third kappa shape index (κ3) is 5.36. The van der Waals surface area contributed by atoms with Crippen molar-refractivity contribution in [3.8, 4) is 28.4 Å². The van der Waals surface area contributed by atoms with E-state index in [1.807, 2.05) is 0 Å². The Morgan fingerprint density at radius 1 is 0.911 bits per heavy atom. The number of fused-ring (bicyclic) bond motifs is 1. The summed E-state index contributed by atoms with van der Waals surface area (Å²) in [4.78, 5) is 26.3. The zero-order valence-corrected chi connectivity index (χ0v) is 24.9. The quantitative estimate of drug-likeness (QED) is 0.243. The molecule has 0 saturated heterocycles. The van der Waals surface area contributed by atoms with Gasteiger partial charge in [-0.15, -0.1) is 13.2 Å². The summed E-state index contributed by atoms with van der Waals surface area (Å²) in [6, 6.07) is 19.0. The summed E-state index contributed by atoms with van der Waals surface area (Å²) < 4.78 is 89.4. The Bertz CT molecular complexity index is 1920. The molecule has 0 aliphatic carbocycles. The van der Waals surface area contributed by atoms with Crippen LogP contribution in [0.5, 0.6) is 17.2 Å². The molecule has 0 spiro atoms. The number of para-hydroxylation sites is 1. The number of anilines is 1.